The third-order valence-corrected chi connectivity index (χ3v) is 2.91. The van der Waals surface area contributed by atoms with E-state index in [1.165, 1.54) is 12.1 Å². The molecule has 0 radical (unpaired) electrons. The van der Waals surface area contributed by atoms with Crippen molar-refractivity contribution in [1.29, 1.82) is 0 Å². The Morgan fingerprint density at radius 1 is 1.17 bits per heavy atom. The molecule has 18 heavy (non-hydrogen) atoms. The normalized spacial score (nSPS) is 11.4. The van der Waals surface area contributed by atoms with E-state index in [1.54, 1.807) is 6.07 Å². The molecule has 1 aromatic rings. The topological polar surface area (TPSA) is 32.5 Å². The lowest BCUT2D eigenvalue weighted by Crippen LogP contribution is -2.32. The second kappa shape index (κ2) is 7.34. The van der Waals surface area contributed by atoms with Crippen LogP contribution in [0.15, 0.2) is 18.2 Å². The van der Waals surface area contributed by atoms with Crippen molar-refractivity contribution in [3.63, 3.8) is 0 Å². The third kappa shape index (κ3) is 5.02. The second-order valence-corrected chi connectivity index (χ2v) is 4.92. The predicted molar refractivity (Wildman–Crippen MR) is 74.9 cm³/mol. The van der Waals surface area contributed by atoms with Crippen molar-refractivity contribution in [1.82, 2.24) is 9.80 Å². The van der Waals surface area contributed by atoms with E-state index in [-0.39, 0.29) is 5.82 Å². The van der Waals surface area contributed by atoms with Gasteiger partial charge in [-0.15, -0.1) is 0 Å². The number of nitrogens with two attached hydrogens (primary N) is 1. The van der Waals surface area contributed by atoms with Gasteiger partial charge in [0.2, 0.25) is 0 Å². The molecule has 1 aromatic carbocycles. The van der Waals surface area contributed by atoms with Crippen LogP contribution in [0.3, 0.4) is 0 Å². The maximum atomic E-state index is 13.0. The average molecular weight is 253 g/mol. The zero-order chi connectivity index (χ0) is 13.5. The fourth-order valence-corrected chi connectivity index (χ4v) is 1.88. The van der Waals surface area contributed by atoms with E-state index in [2.05, 4.69) is 30.8 Å². The van der Waals surface area contributed by atoms with Gasteiger partial charge in [0.25, 0.3) is 0 Å². The van der Waals surface area contributed by atoms with Gasteiger partial charge in [0.15, 0.2) is 0 Å². The molecule has 0 amide bonds. The van der Waals surface area contributed by atoms with Gasteiger partial charge in [-0.2, -0.15) is 0 Å². The van der Waals surface area contributed by atoms with Crippen LogP contribution < -0.4 is 5.73 Å². The van der Waals surface area contributed by atoms with Crippen molar-refractivity contribution in [3.8, 4) is 0 Å². The Morgan fingerprint density at radius 3 is 2.44 bits per heavy atom. The number of rotatable bonds is 7. The van der Waals surface area contributed by atoms with Crippen molar-refractivity contribution < 1.29 is 4.39 Å². The minimum absolute atomic E-state index is 0.272. The summed E-state index contributed by atoms with van der Waals surface area (Å²) in [7, 11) is 4.13. The first-order valence-electron chi connectivity index (χ1n) is 6.44. The number of halogens is 1. The van der Waals surface area contributed by atoms with Crippen LogP contribution in [0.5, 0.6) is 0 Å². The standard InChI is InChI=1S/C14H24FN3/c1-4-7-18(9-8-17(2)3)11-12-5-6-13(15)10-14(12)16/h5-6,10H,4,7-9,11,16H2,1-3H3. The van der Waals surface area contributed by atoms with Crippen LogP contribution in [0.1, 0.15) is 18.9 Å². The second-order valence-electron chi connectivity index (χ2n) is 4.92. The van der Waals surface area contributed by atoms with Gasteiger partial charge >= 0.3 is 0 Å². The molecule has 0 spiro atoms. The fourth-order valence-electron chi connectivity index (χ4n) is 1.88. The molecule has 0 aliphatic carbocycles. The molecule has 0 aliphatic rings. The van der Waals surface area contributed by atoms with Gasteiger partial charge in [-0.05, 0) is 44.8 Å². The van der Waals surface area contributed by atoms with Gasteiger partial charge in [0.05, 0.1) is 0 Å². The van der Waals surface area contributed by atoms with E-state index in [9.17, 15) is 4.39 Å². The quantitative estimate of drug-likeness (QED) is 0.756. The molecular formula is C14H24FN3. The first-order valence-corrected chi connectivity index (χ1v) is 6.44. The van der Waals surface area contributed by atoms with Gasteiger partial charge in [-0.1, -0.05) is 13.0 Å². The Morgan fingerprint density at radius 2 is 1.89 bits per heavy atom. The summed E-state index contributed by atoms with van der Waals surface area (Å²) in [6.45, 7) is 5.99. The van der Waals surface area contributed by atoms with Crippen LogP contribution in [0.2, 0.25) is 0 Å². The molecule has 0 fully saturated rings. The number of likely N-dealkylation sites (N-methyl/N-ethyl adjacent to an activating group) is 1. The SMILES string of the molecule is CCCN(CCN(C)C)Cc1ccc(F)cc1N. The summed E-state index contributed by atoms with van der Waals surface area (Å²) in [5, 5.41) is 0. The van der Waals surface area contributed by atoms with Gasteiger partial charge in [0, 0.05) is 25.3 Å². The molecule has 1 rings (SSSR count). The zero-order valence-electron chi connectivity index (χ0n) is 11.6. The zero-order valence-corrected chi connectivity index (χ0v) is 11.6. The van der Waals surface area contributed by atoms with Crippen molar-refractivity contribution in [2.24, 2.45) is 0 Å². The lowest BCUT2D eigenvalue weighted by molar-refractivity contribution is 0.234. The van der Waals surface area contributed by atoms with Gasteiger partial charge < -0.3 is 10.6 Å². The first-order chi connectivity index (χ1) is 8.52. The average Bonchev–Trinajstić information content (AvgIpc) is 2.29. The number of nitrogen functional groups attached to an aromatic ring is 1. The predicted octanol–water partition coefficient (Wildman–Crippen LogP) is 2.18. The monoisotopic (exact) mass is 253 g/mol. The molecule has 102 valence electrons. The van der Waals surface area contributed by atoms with Crippen molar-refractivity contribution in [2.45, 2.75) is 19.9 Å². The Labute approximate surface area is 109 Å². The molecule has 0 heterocycles. The molecule has 0 saturated heterocycles. The largest absolute Gasteiger partial charge is 0.398 e. The maximum Gasteiger partial charge on any atom is 0.125 e. The molecule has 2 N–H and O–H groups in total. The summed E-state index contributed by atoms with van der Waals surface area (Å²) in [5.74, 6) is -0.272. The van der Waals surface area contributed by atoms with Crippen molar-refractivity contribution in [2.75, 3.05) is 39.5 Å². The summed E-state index contributed by atoms with van der Waals surface area (Å²) in [4.78, 5) is 4.51. The summed E-state index contributed by atoms with van der Waals surface area (Å²) < 4.78 is 13.0. The first kappa shape index (κ1) is 14.9. The van der Waals surface area contributed by atoms with Crippen LogP contribution in [0.4, 0.5) is 10.1 Å². The van der Waals surface area contributed by atoms with E-state index < -0.39 is 0 Å². The van der Waals surface area contributed by atoms with Crippen molar-refractivity contribution in [3.05, 3.63) is 29.6 Å². The minimum Gasteiger partial charge on any atom is -0.398 e. The van der Waals surface area contributed by atoms with Gasteiger partial charge in [-0.25, -0.2) is 4.39 Å². The van der Waals surface area contributed by atoms with Gasteiger partial charge in [-0.3, -0.25) is 4.90 Å². The van der Waals surface area contributed by atoms with Gasteiger partial charge in [0.1, 0.15) is 5.82 Å². The Bertz CT molecular complexity index is 366. The summed E-state index contributed by atoms with van der Waals surface area (Å²) >= 11 is 0. The molecule has 0 aromatic heterocycles. The Balaban J connectivity index is 2.64. The molecule has 0 unspecified atom stereocenters. The van der Waals surface area contributed by atoms with Crippen LogP contribution in [0, 0.1) is 5.82 Å². The number of nitrogens with zero attached hydrogens (tertiary/aromatic N) is 2. The highest BCUT2D eigenvalue weighted by atomic mass is 19.1. The smallest absolute Gasteiger partial charge is 0.125 e. The van der Waals surface area contributed by atoms with Crippen LogP contribution in [-0.2, 0) is 6.54 Å². The van der Waals surface area contributed by atoms with Crippen molar-refractivity contribution >= 4 is 5.69 Å². The lowest BCUT2D eigenvalue weighted by atomic mass is 10.1. The highest BCUT2D eigenvalue weighted by molar-refractivity contribution is 5.46. The minimum atomic E-state index is -0.272. The summed E-state index contributed by atoms with van der Waals surface area (Å²) in [5.41, 5.74) is 7.39. The number of anilines is 1. The summed E-state index contributed by atoms with van der Waals surface area (Å²) in [6, 6.07) is 4.65. The number of hydrogen-bond acceptors (Lipinski definition) is 3. The van der Waals surface area contributed by atoms with E-state index >= 15 is 0 Å². The fraction of sp³-hybridized carbons (Fsp3) is 0.571. The van der Waals surface area contributed by atoms with Crippen LogP contribution >= 0.6 is 0 Å². The lowest BCUT2D eigenvalue weighted by Gasteiger charge is -2.24. The molecule has 3 nitrogen and oxygen atoms in total. The van der Waals surface area contributed by atoms with E-state index in [4.69, 9.17) is 5.73 Å². The van der Waals surface area contributed by atoms with E-state index in [0.717, 1.165) is 38.2 Å². The number of hydrogen-bond donors (Lipinski definition) is 1. The molecule has 0 atom stereocenters. The van der Waals surface area contributed by atoms with E-state index in [0.29, 0.717) is 5.69 Å². The van der Waals surface area contributed by atoms with Crippen LogP contribution in [0.25, 0.3) is 0 Å². The molecule has 4 heteroatoms. The Hall–Kier alpha value is -1.13. The maximum absolute atomic E-state index is 13.0. The third-order valence-electron chi connectivity index (χ3n) is 2.91. The number of benzene rings is 1. The molecule has 0 saturated carbocycles. The highest BCUT2D eigenvalue weighted by Crippen LogP contribution is 2.15. The Kier molecular flexibility index (Phi) is 6.09. The molecule has 0 bridgehead atoms. The highest BCUT2D eigenvalue weighted by Gasteiger charge is 2.08. The van der Waals surface area contributed by atoms with E-state index in [1.807, 2.05) is 0 Å². The summed E-state index contributed by atoms with van der Waals surface area (Å²) in [6.07, 6.45) is 1.11. The molecular weight excluding hydrogens is 229 g/mol. The van der Waals surface area contributed by atoms with Crippen LogP contribution in [-0.4, -0.2) is 43.5 Å². The molecule has 0 aliphatic heterocycles.